The van der Waals surface area contributed by atoms with Gasteiger partial charge in [0.15, 0.2) is 0 Å². The monoisotopic (exact) mass is 337 g/mol. The van der Waals surface area contributed by atoms with Gasteiger partial charge in [0.05, 0.1) is 11.0 Å². The third-order valence-electron chi connectivity index (χ3n) is 4.16. The lowest BCUT2D eigenvalue weighted by molar-refractivity contribution is -0.121. The average Bonchev–Trinajstić information content (AvgIpc) is 2.65. The molecule has 0 radical (unpaired) electrons. The summed E-state index contributed by atoms with van der Waals surface area (Å²) in [5, 5.41) is 2.83. The Bertz CT molecular complexity index is 1020. The van der Waals surface area contributed by atoms with Crippen LogP contribution in [0.2, 0.25) is 0 Å². The molecule has 1 aromatic heterocycles. The van der Waals surface area contributed by atoms with Gasteiger partial charge in [0.1, 0.15) is 0 Å². The van der Waals surface area contributed by atoms with Gasteiger partial charge in [0, 0.05) is 26.6 Å². The maximum Gasteiger partial charge on any atom is 0.316 e. The van der Waals surface area contributed by atoms with Gasteiger partial charge in [-0.05, 0) is 17.7 Å². The van der Waals surface area contributed by atoms with Crippen molar-refractivity contribution in [3.63, 3.8) is 0 Å². The Labute approximate surface area is 144 Å². The third-order valence-corrected chi connectivity index (χ3v) is 4.16. The zero-order chi connectivity index (χ0) is 17.8. The number of hydrogen-bond acceptors (Lipinski definition) is 3. The summed E-state index contributed by atoms with van der Waals surface area (Å²) in [6.45, 7) is 0.599. The van der Waals surface area contributed by atoms with Crippen LogP contribution in [-0.4, -0.2) is 15.0 Å². The van der Waals surface area contributed by atoms with Crippen molar-refractivity contribution in [3.8, 4) is 0 Å². The SMILES string of the molecule is Cn1c(=O)c(=O)n(CCC(=O)NCc2ccccc2)c2ccccc21. The van der Waals surface area contributed by atoms with Crippen LogP contribution in [0.1, 0.15) is 12.0 Å². The average molecular weight is 337 g/mol. The van der Waals surface area contributed by atoms with Gasteiger partial charge in [-0.15, -0.1) is 0 Å². The number of rotatable bonds is 5. The van der Waals surface area contributed by atoms with Crippen molar-refractivity contribution in [2.24, 2.45) is 7.05 Å². The summed E-state index contributed by atoms with van der Waals surface area (Å²) >= 11 is 0. The Balaban J connectivity index is 1.76. The number of carbonyl (C=O) groups excluding carboxylic acids is 1. The highest BCUT2D eigenvalue weighted by molar-refractivity contribution is 5.77. The quantitative estimate of drug-likeness (QED) is 0.716. The first-order chi connectivity index (χ1) is 12.1. The molecule has 3 aromatic rings. The highest BCUT2D eigenvalue weighted by Crippen LogP contribution is 2.09. The van der Waals surface area contributed by atoms with Crippen molar-refractivity contribution < 1.29 is 4.79 Å². The van der Waals surface area contributed by atoms with Crippen LogP contribution >= 0.6 is 0 Å². The molecule has 6 nitrogen and oxygen atoms in total. The van der Waals surface area contributed by atoms with Crippen molar-refractivity contribution in [1.29, 1.82) is 0 Å². The first-order valence-corrected chi connectivity index (χ1v) is 8.07. The number of amides is 1. The first-order valence-electron chi connectivity index (χ1n) is 8.07. The minimum Gasteiger partial charge on any atom is -0.352 e. The highest BCUT2D eigenvalue weighted by Gasteiger charge is 2.11. The summed E-state index contributed by atoms with van der Waals surface area (Å²) in [5.41, 5.74) is 1.11. The van der Waals surface area contributed by atoms with Crippen molar-refractivity contribution in [2.45, 2.75) is 19.5 Å². The first kappa shape index (κ1) is 16.7. The minimum atomic E-state index is -0.614. The van der Waals surface area contributed by atoms with Crippen LogP contribution in [0.5, 0.6) is 0 Å². The summed E-state index contributed by atoms with van der Waals surface area (Å²) in [4.78, 5) is 36.5. The van der Waals surface area contributed by atoms with E-state index in [2.05, 4.69) is 5.32 Å². The molecule has 0 aliphatic heterocycles. The molecule has 0 atom stereocenters. The molecule has 1 N–H and O–H groups in total. The normalized spacial score (nSPS) is 10.8. The standard InChI is InChI=1S/C19H19N3O3/c1-21-15-9-5-6-10-16(15)22(19(25)18(21)24)12-11-17(23)20-13-14-7-3-2-4-8-14/h2-10H,11-13H2,1H3,(H,20,23). The van der Waals surface area contributed by atoms with Crippen molar-refractivity contribution in [1.82, 2.24) is 14.5 Å². The maximum absolute atomic E-state index is 12.3. The molecule has 2 aromatic carbocycles. The molecule has 3 rings (SSSR count). The van der Waals surface area contributed by atoms with Gasteiger partial charge in [-0.2, -0.15) is 0 Å². The van der Waals surface area contributed by atoms with E-state index in [4.69, 9.17) is 0 Å². The van der Waals surface area contributed by atoms with E-state index >= 15 is 0 Å². The Kier molecular flexibility index (Phi) is 4.79. The number of aromatic nitrogens is 2. The molecule has 0 fully saturated rings. The van der Waals surface area contributed by atoms with E-state index in [-0.39, 0.29) is 18.9 Å². The van der Waals surface area contributed by atoms with E-state index in [1.54, 1.807) is 25.2 Å². The van der Waals surface area contributed by atoms with E-state index in [0.717, 1.165) is 5.56 Å². The predicted molar refractivity (Wildman–Crippen MR) is 96.4 cm³/mol. The Morgan fingerprint density at radius 2 is 1.56 bits per heavy atom. The van der Waals surface area contributed by atoms with Gasteiger partial charge in [-0.3, -0.25) is 14.4 Å². The van der Waals surface area contributed by atoms with Crippen LogP contribution in [-0.2, 0) is 24.9 Å². The second-order valence-electron chi connectivity index (χ2n) is 5.82. The van der Waals surface area contributed by atoms with E-state index in [9.17, 15) is 14.4 Å². The molecular weight excluding hydrogens is 318 g/mol. The molecule has 6 heteroatoms. The number of nitrogens with zero attached hydrogens (tertiary/aromatic N) is 2. The van der Waals surface area contributed by atoms with E-state index in [1.165, 1.54) is 9.13 Å². The van der Waals surface area contributed by atoms with Crippen molar-refractivity contribution >= 4 is 16.9 Å². The number of hydrogen-bond donors (Lipinski definition) is 1. The fraction of sp³-hybridized carbons (Fsp3) is 0.211. The largest absolute Gasteiger partial charge is 0.352 e. The summed E-state index contributed by atoms with van der Waals surface area (Å²) in [6.07, 6.45) is 0.129. The van der Waals surface area contributed by atoms with Gasteiger partial charge < -0.3 is 14.5 Å². The molecule has 0 aliphatic carbocycles. The lowest BCUT2D eigenvalue weighted by Gasteiger charge is -2.12. The maximum atomic E-state index is 12.3. The number of aryl methyl sites for hydroxylation is 2. The lowest BCUT2D eigenvalue weighted by atomic mass is 10.2. The smallest absolute Gasteiger partial charge is 0.316 e. The van der Waals surface area contributed by atoms with Crippen LogP contribution in [0, 0.1) is 0 Å². The minimum absolute atomic E-state index is 0.129. The molecule has 0 aliphatic rings. The van der Waals surface area contributed by atoms with Crippen LogP contribution < -0.4 is 16.4 Å². The fourth-order valence-corrected chi connectivity index (χ4v) is 2.77. The molecule has 25 heavy (non-hydrogen) atoms. The zero-order valence-electron chi connectivity index (χ0n) is 13.9. The van der Waals surface area contributed by atoms with E-state index in [1.807, 2.05) is 36.4 Å². The summed E-state index contributed by atoms with van der Waals surface area (Å²) in [6, 6.07) is 16.8. The van der Waals surface area contributed by atoms with Crippen LogP contribution in [0.3, 0.4) is 0 Å². The topological polar surface area (TPSA) is 73.1 Å². The zero-order valence-corrected chi connectivity index (χ0v) is 13.9. The van der Waals surface area contributed by atoms with Crippen molar-refractivity contribution in [3.05, 3.63) is 80.9 Å². The number of para-hydroxylation sites is 2. The van der Waals surface area contributed by atoms with Crippen LogP contribution in [0.25, 0.3) is 11.0 Å². The third kappa shape index (κ3) is 3.52. The second-order valence-corrected chi connectivity index (χ2v) is 5.82. The molecule has 1 amide bonds. The molecule has 128 valence electrons. The van der Waals surface area contributed by atoms with Gasteiger partial charge >= 0.3 is 11.1 Å². The second kappa shape index (κ2) is 7.17. The molecule has 0 saturated carbocycles. The Morgan fingerprint density at radius 1 is 0.920 bits per heavy atom. The fourth-order valence-electron chi connectivity index (χ4n) is 2.77. The molecule has 0 unspecified atom stereocenters. The molecule has 0 saturated heterocycles. The van der Waals surface area contributed by atoms with Gasteiger partial charge in [-0.1, -0.05) is 42.5 Å². The van der Waals surface area contributed by atoms with Gasteiger partial charge in [-0.25, -0.2) is 0 Å². The predicted octanol–water partition coefficient (Wildman–Crippen LogP) is 1.41. The number of nitrogens with one attached hydrogen (secondary N) is 1. The highest BCUT2D eigenvalue weighted by atomic mass is 16.2. The summed E-state index contributed by atoms with van der Waals surface area (Å²) in [5.74, 6) is -0.166. The summed E-state index contributed by atoms with van der Waals surface area (Å²) in [7, 11) is 1.57. The molecule has 0 spiro atoms. The van der Waals surface area contributed by atoms with Crippen molar-refractivity contribution in [2.75, 3.05) is 0 Å². The lowest BCUT2D eigenvalue weighted by Crippen LogP contribution is -2.41. The van der Waals surface area contributed by atoms with Crippen LogP contribution in [0.15, 0.2) is 64.2 Å². The van der Waals surface area contributed by atoms with Gasteiger partial charge in [0.2, 0.25) is 5.91 Å². The van der Waals surface area contributed by atoms with E-state index < -0.39 is 11.1 Å². The molecular formula is C19H19N3O3. The number of benzene rings is 2. The summed E-state index contributed by atoms with van der Waals surface area (Å²) < 4.78 is 2.71. The van der Waals surface area contributed by atoms with E-state index in [0.29, 0.717) is 17.6 Å². The Morgan fingerprint density at radius 3 is 2.28 bits per heavy atom. The Hall–Kier alpha value is -3.15. The van der Waals surface area contributed by atoms with Gasteiger partial charge in [0.25, 0.3) is 0 Å². The number of carbonyl (C=O) groups is 1. The van der Waals surface area contributed by atoms with Crippen LogP contribution in [0.4, 0.5) is 0 Å². The molecule has 1 heterocycles. The molecule has 0 bridgehead atoms. The number of fused-ring (bicyclic) bond motifs is 1.